The maximum Gasteiger partial charge on any atom is 0.336 e. The Balaban J connectivity index is 2.17. The number of halogens is 1. The van der Waals surface area contributed by atoms with Gasteiger partial charge in [0, 0.05) is 17.6 Å². The van der Waals surface area contributed by atoms with Crippen molar-refractivity contribution in [2.24, 2.45) is 0 Å². The molecule has 2 aromatic carbocycles. The van der Waals surface area contributed by atoms with Crippen LogP contribution in [0.1, 0.15) is 11.1 Å². The number of nitrogens with zero attached hydrogens (tertiary/aromatic N) is 1. The maximum atomic E-state index is 12.1. The fourth-order valence-corrected chi connectivity index (χ4v) is 2.54. The van der Waals surface area contributed by atoms with Crippen LogP contribution in [0.25, 0.3) is 12.2 Å². The zero-order valence-corrected chi connectivity index (χ0v) is 17.0. The summed E-state index contributed by atoms with van der Waals surface area (Å²) >= 11 is 6.05. The minimum atomic E-state index is -0.613. The number of carbonyl (C=O) groups excluding carboxylic acids is 2. The van der Waals surface area contributed by atoms with Gasteiger partial charge >= 0.3 is 5.97 Å². The second kappa shape index (κ2) is 11.2. The van der Waals surface area contributed by atoms with Crippen LogP contribution in [-0.4, -0.2) is 25.5 Å². The van der Waals surface area contributed by atoms with E-state index in [1.165, 1.54) is 31.4 Å². The third kappa shape index (κ3) is 6.36. The van der Waals surface area contributed by atoms with E-state index in [2.05, 4.69) is 11.9 Å². The minimum absolute atomic E-state index is 0.0775. The van der Waals surface area contributed by atoms with Crippen LogP contribution in [0.2, 0.25) is 5.02 Å². The van der Waals surface area contributed by atoms with Crippen molar-refractivity contribution < 1.29 is 19.1 Å². The van der Waals surface area contributed by atoms with Crippen LogP contribution in [0.15, 0.2) is 66.8 Å². The van der Waals surface area contributed by atoms with E-state index in [1.807, 2.05) is 6.07 Å². The molecule has 6 nitrogen and oxygen atoms in total. The van der Waals surface area contributed by atoms with Gasteiger partial charge in [-0.25, -0.2) is 4.79 Å². The van der Waals surface area contributed by atoms with Crippen molar-refractivity contribution >= 4 is 35.6 Å². The Morgan fingerprint density at radius 2 is 2.00 bits per heavy atom. The summed E-state index contributed by atoms with van der Waals surface area (Å²) in [4.78, 5) is 24.1. The van der Waals surface area contributed by atoms with Gasteiger partial charge in [0.25, 0.3) is 5.91 Å². The lowest BCUT2D eigenvalue weighted by molar-refractivity contribution is -0.129. The monoisotopic (exact) mass is 422 g/mol. The Labute approximate surface area is 179 Å². The maximum absolute atomic E-state index is 12.1. The summed E-state index contributed by atoms with van der Waals surface area (Å²) in [6.45, 7) is 3.75. The molecule has 152 valence electrons. The summed E-state index contributed by atoms with van der Waals surface area (Å²) in [5.74, 6) is -0.667. The van der Waals surface area contributed by atoms with E-state index in [0.717, 1.165) is 0 Å². The molecule has 0 unspecified atom stereocenters. The molecule has 7 heteroatoms. The van der Waals surface area contributed by atoms with Gasteiger partial charge in [0.1, 0.15) is 11.6 Å². The van der Waals surface area contributed by atoms with Crippen LogP contribution in [0.4, 0.5) is 0 Å². The molecule has 0 radical (unpaired) electrons. The van der Waals surface area contributed by atoms with E-state index in [4.69, 9.17) is 21.1 Å². The number of nitriles is 1. The third-order valence-corrected chi connectivity index (χ3v) is 4.13. The first-order chi connectivity index (χ1) is 14.5. The molecule has 0 aliphatic heterocycles. The lowest BCUT2D eigenvalue weighted by Gasteiger charge is -2.09. The Hall–Kier alpha value is -3.82. The Morgan fingerprint density at radius 1 is 1.23 bits per heavy atom. The normalized spacial score (nSPS) is 10.9. The second-order valence-corrected chi connectivity index (χ2v) is 6.26. The van der Waals surface area contributed by atoms with Crippen LogP contribution < -0.4 is 14.8 Å². The minimum Gasteiger partial charge on any atom is -0.493 e. The van der Waals surface area contributed by atoms with Gasteiger partial charge in [-0.1, -0.05) is 41.9 Å². The molecule has 1 amide bonds. The first kappa shape index (κ1) is 22.5. The standard InChI is InChI=1S/C23H19ClN2O4/c1-3-12-26-23(28)18(15-25)13-16-8-10-20(21(14-16)29-2)30-22(27)11-9-17-6-4-5-7-19(17)24/h3-11,13-14H,1,12H2,2H3,(H,26,28)/b11-9+,18-13+. The van der Waals surface area contributed by atoms with Gasteiger partial charge in [-0.05, 0) is 41.5 Å². The van der Waals surface area contributed by atoms with Crippen LogP contribution in [0.3, 0.4) is 0 Å². The van der Waals surface area contributed by atoms with Crippen LogP contribution in [0.5, 0.6) is 11.5 Å². The van der Waals surface area contributed by atoms with Gasteiger partial charge in [0.15, 0.2) is 11.5 Å². The Bertz CT molecular complexity index is 1050. The average molecular weight is 423 g/mol. The lowest BCUT2D eigenvalue weighted by atomic mass is 10.1. The highest BCUT2D eigenvalue weighted by Crippen LogP contribution is 2.29. The highest BCUT2D eigenvalue weighted by atomic mass is 35.5. The quantitative estimate of drug-likeness (QED) is 0.227. The van der Waals surface area contributed by atoms with Crippen molar-refractivity contribution in [3.05, 3.63) is 82.9 Å². The van der Waals surface area contributed by atoms with Crippen molar-refractivity contribution in [1.29, 1.82) is 5.26 Å². The van der Waals surface area contributed by atoms with E-state index in [1.54, 1.807) is 42.5 Å². The zero-order chi connectivity index (χ0) is 21.9. The summed E-state index contributed by atoms with van der Waals surface area (Å²) in [6, 6.07) is 13.6. The second-order valence-electron chi connectivity index (χ2n) is 5.85. The number of ether oxygens (including phenoxy) is 2. The number of hydrogen-bond donors (Lipinski definition) is 1. The van der Waals surface area contributed by atoms with Gasteiger partial charge in [0.2, 0.25) is 0 Å². The molecule has 2 rings (SSSR count). The lowest BCUT2D eigenvalue weighted by Crippen LogP contribution is -2.24. The molecule has 0 aliphatic carbocycles. The van der Waals surface area contributed by atoms with E-state index >= 15 is 0 Å². The van der Waals surface area contributed by atoms with E-state index in [0.29, 0.717) is 16.1 Å². The first-order valence-electron chi connectivity index (χ1n) is 8.81. The summed E-state index contributed by atoms with van der Waals surface area (Å²) in [5, 5.41) is 12.3. The van der Waals surface area contributed by atoms with Crippen molar-refractivity contribution in [1.82, 2.24) is 5.32 Å². The average Bonchev–Trinajstić information content (AvgIpc) is 2.76. The fraction of sp³-hybridized carbons (Fsp3) is 0.0870. The number of hydrogen-bond acceptors (Lipinski definition) is 5. The molecule has 0 spiro atoms. The third-order valence-electron chi connectivity index (χ3n) is 3.79. The van der Waals surface area contributed by atoms with Crippen LogP contribution >= 0.6 is 11.6 Å². The molecule has 0 heterocycles. The molecule has 30 heavy (non-hydrogen) atoms. The van der Waals surface area contributed by atoms with Crippen LogP contribution in [-0.2, 0) is 9.59 Å². The summed E-state index contributed by atoms with van der Waals surface area (Å²) in [5.41, 5.74) is 1.14. The molecular formula is C23H19ClN2O4. The Kier molecular flexibility index (Phi) is 8.42. The summed E-state index contributed by atoms with van der Waals surface area (Å²) in [7, 11) is 1.42. The topological polar surface area (TPSA) is 88.4 Å². The van der Waals surface area contributed by atoms with Crippen molar-refractivity contribution in [3.63, 3.8) is 0 Å². The number of esters is 1. The van der Waals surface area contributed by atoms with Gasteiger partial charge < -0.3 is 14.8 Å². The molecule has 0 aromatic heterocycles. The summed E-state index contributed by atoms with van der Waals surface area (Å²) < 4.78 is 10.6. The number of nitrogens with one attached hydrogen (secondary N) is 1. The largest absolute Gasteiger partial charge is 0.493 e. The zero-order valence-electron chi connectivity index (χ0n) is 16.2. The van der Waals surface area contributed by atoms with Crippen LogP contribution in [0, 0.1) is 11.3 Å². The number of amides is 1. The molecular weight excluding hydrogens is 404 g/mol. The van der Waals surface area contributed by atoms with Crippen molar-refractivity contribution in [2.75, 3.05) is 13.7 Å². The highest BCUT2D eigenvalue weighted by molar-refractivity contribution is 6.32. The van der Waals surface area contributed by atoms with Crippen molar-refractivity contribution in [2.45, 2.75) is 0 Å². The van der Waals surface area contributed by atoms with Gasteiger partial charge in [0.05, 0.1) is 7.11 Å². The molecule has 0 aliphatic rings. The Morgan fingerprint density at radius 3 is 2.67 bits per heavy atom. The predicted molar refractivity (Wildman–Crippen MR) is 116 cm³/mol. The number of carbonyl (C=O) groups is 2. The first-order valence-corrected chi connectivity index (χ1v) is 9.19. The fourth-order valence-electron chi connectivity index (χ4n) is 2.34. The van der Waals surface area contributed by atoms with E-state index in [-0.39, 0.29) is 23.6 Å². The molecule has 0 atom stereocenters. The molecule has 0 fully saturated rings. The van der Waals surface area contributed by atoms with E-state index < -0.39 is 11.9 Å². The number of benzene rings is 2. The molecule has 0 saturated heterocycles. The highest BCUT2D eigenvalue weighted by Gasteiger charge is 2.11. The SMILES string of the molecule is C=CCNC(=O)/C(C#N)=C/c1ccc(OC(=O)/C=C/c2ccccc2Cl)c(OC)c1. The van der Waals surface area contributed by atoms with Gasteiger partial charge in [-0.2, -0.15) is 5.26 Å². The molecule has 0 bridgehead atoms. The van der Waals surface area contributed by atoms with Crippen molar-refractivity contribution in [3.8, 4) is 17.6 Å². The predicted octanol–water partition coefficient (Wildman–Crippen LogP) is 4.18. The van der Waals surface area contributed by atoms with Gasteiger partial charge in [-0.3, -0.25) is 4.79 Å². The number of rotatable bonds is 8. The van der Waals surface area contributed by atoms with Gasteiger partial charge in [-0.15, -0.1) is 6.58 Å². The molecule has 2 aromatic rings. The molecule has 0 saturated carbocycles. The molecule has 1 N–H and O–H groups in total. The smallest absolute Gasteiger partial charge is 0.336 e. The van der Waals surface area contributed by atoms with E-state index in [9.17, 15) is 14.9 Å². The summed E-state index contributed by atoms with van der Waals surface area (Å²) in [6.07, 6.45) is 5.73. The number of methoxy groups -OCH3 is 1.